The molecule has 0 spiro atoms. The van der Waals surface area contributed by atoms with E-state index in [1.165, 1.54) is 12.7 Å². The maximum Gasteiger partial charge on any atom is 0.337 e. The van der Waals surface area contributed by atoms with Gasteiger partial charge >= 0.3 is 5.97 Å². The van der Waals surface area contributed by atoms with Gasteiger partial charge in [-0.2, -0.15) is 0 Å². The molecule has 0 aromatic heterocycles. The van der Waals surface area contributed by atoms with Crippen molar-refractivity contribution < 1.29 is 19.1 Å². The second kappa shape index (κ2) is 8.87. The molecule has 0 aliphatic carbocycles. The summed E-state index contributed by atoms with van der Waals surface area (Å²) >= 11 is 0. The fraction of sp³-hybridized carbons (Fsp3) is 0.300. The first kappa shape index (κ1) is 18.5. The van der Waals surface area contributed by atoms with Crippen molar-refractivity contribution in [2.24, 2.45) is 0 Å². The van der Waals surface area contributed by atoms with Crippen LogP contribution in [0.15, 0.2) is 48.5 Å². The standard InChI is InChI=1S/C20H23NO4/c1-4-14(2)15-8-10-18(11-9-15)25-13-19(22)21-17-7-5-6-16(12-17)20(23)24-3/h5-12,14H,4,13H2,1-3H3,(H,21,22). The third kappa shape index (κ3) is 5.35. The molecule has 1 amide bonds. The van der Waals surface area contributed by atoms with Crippen LogP contribution >= 0.6 is 0 Å². The molecule has 1 atom stereocenters. The third-order valence-corrected chi connectivity index (χ3v) is 4.00. The fourth-order valence-corrected chi connectivity index (χ4v) is 2.32. The van der Waals surface area contributed by atoms with E-state index in [1.807, 2.05) is 24.3 Å². The minimum atomic E-state index is -0.450. The molecule has 25 heavy (non-hydrogen) atoms. The predicted octanol–water partition coefficient (Wildman–Crippen LogP) is 4.00. The zero-order valence-corrected chi connectivity index (χ0v) is 14.7. The highest BCUT2D eigenvalue weighted by Gasteiger charge is 2.09. The van der Waals surface area contributed by atoms with Crippen LogP contribution in [0.5, 0.6) is 5.75 Å². The van der Waals surface area contributed by atoms with E-state index in [9.17, 15) is 9.59 Å². The van der Waals surface area contributed by atoms with E-state index in [0.717, 1.165) is 6.42 Å². The SMILES string of the molecule is CCC(C)c1ccc(OCC(=O)Nc2cccc(C(=O)OC)c2)cc1. The Kier molecular flexibility index (Phi) is 6.57. The van der Waals surface area contributed by atoms with E-state index in [4.69, 9.17) is 4.74 Å². The van der Waals surface area contributed by atoms with E-state index in [0.29, 0.717) is 22.9 Å². The molecule has 0 aliphatic rings. The van der Waals surface area contributed by atoms with Crippen molar-refractivity contribution in [2.75, 3.05) is 19.0 Å². The third-order valence-electron chi connectivity index (χ3n) is 4.00. The van der Waals surface area contributed by atoms with E-state index < -0.39 is 5.97 Å². The Bertz CT molecular complexity index is 725. The minimum absolute atomic E-state index is 0.106. The van der Waals surface area contributed by atoms with Crippen molar-refractivity contribution in [3.8, 4) is 5.75 Å². The lowest BCUT2D eigenvalue weighted by molar-refractivity contribution is -0.118. The number of ether oxygens (including phenoxy) is 2. The lowest BCUT2D eigenvalue weighted by Crippen LogP contribution is -2.20. The highest BCUT2D eigenvalue weighted by atomic mass is 16.5. The maximum absolute atomic E-state index is 12.0. The van der Waals surface area contributed by atoms with Gasteiger partial charge in [-0.05, 0) is 48.2 Å². The van der Waals surface area contributed by atoms with Crippen molar-refractivity contribution in [3.05, 3.63) is 59.7 Å². The summed E-state index contributed by atoms with van der Waals surface area (Å²) in [6, 6.07) is 14.3. The van der Waals surface area contributed by atoms with Crippen molar-refractivity contribution >= 4 is 17.6 Å². The number of esters is 1. The Morgan fingerprint density at radius 2 is 1.84 bits per heavy atom. The average Bonchev–Trinajstić information content (AvgIpc) is 2.65. The fourth-order valence-electron chi connectivity index (χ4n) is 2.32. The number of carbonyl (C=O) groups excluding carboxylic acids is 2. The van der Waals surface area contributed by atoms with E-state index in [2.05, 4.69) is 23.9 Å². The number of benzene rings is 2. The zero-order chi connectivity index (χ0) is 18.2. The van der Waals surface area contributed by atoms with Crippen LogP contribution < -0.4 is 10.1 Å². The summed E-state index contributed by atoms with van der Waals surface area (Å²) in [5.41, 5.74) is 2.14. The molecule has 0 fully saturated rings. The van der Waals surface area contributed by atoms with Gasteiger partial charge in [0.15, 0.2) is 6.61 Å². The van der Waals surface area contributed by atoms with Gasteiger partial charge in [-0.1, -0.05) is 32.0 Å². The summed E-state index contributed by atoms with van der Waals surface area (Å²) < 4.78 is 10.2. The quantitative estimate of drug-likeness (QED) is 0.773. The summed E-state index contributed by atoms with van der Waals surface area (Å²) in [7, 11) is 1.31. The van der Waals surface area contributed by atoms with E-state index in [-0.39, 0.29) is 12.5 Å². The Balaban J connectivity index is 1.89. The minimum Gasteiger partial charge on any atom is -0.484 e. The Morgan fingerprint density at radius 3 is 2.48 bits per heavy atom. The largest absolute Gasteiger partial charge is 0.484 e. The smallest absolute Gasteiger partial charge is 0.337 e. The molecule has 2 aromatic rings. The van der Waals surface area contributed by atoms with Gasteiger partial charge in [0.1, 0.15) is 5.75 Å². The van der Waals surface area contributed by atoms with E-state index >= 15 is 0 Å². The van der Waals surface area contributed by atoms with Gasteiger partial charge in [-0.15, -0.1) is 0 Å². The van der Waals surface area contributed by atoms with Crippen LogP contribution in [0.1, 0.15) is 42.1 Å². The lowest BCUT2D eigenvalue weighted by Gasteiger charge is -2.11. The van der Waals surface area contributed by atoms with Gasteiger partial charge in [0.25, 0.3) is 5.91 Å². The number of anilines is 1. The molecular weight excluding hydrogens is 318 g/mol. The molecule has 0 saturated heterocycles. The first-order valence-electron chi connectivity index (χ1n) is 8.24. The molecule has 0 saturated carbocycles. The van der Waals surface area contributed by atoms with Crippen molar-refractivity contribution in [3.63, 3.8) is 0 Å². The molecule has 5 heteroatoms. The predicted molar refractivity (Wildman–Crippen MR) is 97.1 cm³/mol. The second-order valence-electron chi connectivity index (χ2n) is 5.79. The average molecular weight is 341 g/mol. The summed E-state index contributed by atoms with van der Waals surface area (Å²) in [5, 5.41) is 2.70. The Labute approximate surface area is 148 Å². The molecule has 2 rings (SSSR count). The first-order chi connectivity index (χ1) is 12.0. The number of amides is 1. The first-order valence-corrected chi connectivity index (χ1v) is 8.24. The number of nitrogens with one attached hydrogen (secondary N) is 1. The van der Waals surface area contributed by atoms with Crippen molar-refractivity contribution in [1.82, 2.24) is 0 Å². The van der Waals surface area contributed by atoms with Crippen LogP contribution in [0.4, 0.5) is 5.69 Å². The molecule has 1 N–H and O–H groups in total. The van der Waals surface area contributed by atoms with Crippen molar-refractivity contribution in [2.45, 2.75) is 26.2 Å². The van der Waals surface area contributed by atoms with Gasteiger partial charge in [-0.3, -0.25) is 4.79 Å². The van der Waals surface area contributed by atoms with Crippen LogP contribution in [0.25, 0.3) is 0 Å². The number of carbonyl (C=O) groups is 2. The van der Waals surface area contributed by atoms with Gasteiger partial charge < -0.3 is 14.8 Å². The molecule has 132 valence electrons. The summed E-state index contributed by atoms with van der Waals surface area (Å²) in [5.74, 6) is 0.395. The highest BCUT2D eigenvalue weighted by molar-refractivity contribution is 5.95. The monoisotopic (exact) mass is 341 g/mol. The van der Waals surface area contributed by atoms with E-state index in [1.54, 1.807) is 24.3 Å². The molecule has 0 heterocycles. The maximum atomic E-state index is 12.0. The van der Waals surface area contributed by atoms with Crippen LogP contribution in [0, 0.1) is 0 Å². The van der Waals surface area contributed by atoms with Crippen LogP contribution in [-0.2, 0) is 9.53 Å². The number of rotatable bonds is 7. The Hall–Kier alpha value is -2.82. The topological polar surface area (TPSA) is 64.6 Å². The molecule has 0 bridgehead atoms. The molecule has 0 radical (unpaired) electrons. The summed E-state index contributed by atoms with van der Waals surface area (Å²) in [6.07, 6.45) is 1.08. The van der Waals surface area contributed by atoms with Gasteiger partial charge in [0, 0.05) is 5.69 Å². The molecule has 0 aliphatic heterocycles. The van der Waals surface area contributed by atoms with Gasteiger partial charge in [0.2, 0.25) is 0 Å². The number of hydrogen-bond donors (Lipinski definition) is 1. The lowest BCUT2D eigenvalue weighted by atomic mass is 9.99. The number of hydrogen-bond acceptors (Lipinski definition) is 4. The van der Waals surface area contributed by atoms with Crippen LogP contribution in [0.2, 0.25) is 0 Å². The zero-order valence-electron chi connectivity index (χ0n) is 14.7. The van der Waals surface area contributed by atoms with Crippen LogP contribution in [0.3, 0.4) is 0 Å². The highest BCUT2D eigenvalue weighted by Crippen LogP contribution is 2.21. The summed E-state index contributed by atoms with van der Waals surface area (Å²) in [4.78, 5) is 23.5. The summed E-state index contributed by atoms with van der Waals surface area (Å²) in [6.45, 7) is 4.21. The van der Waals surface area contributed by atoms with Crippen molar-refractivity contribution in [1.29, 1.82) is 0 Å². The van der Waals surface area contributed by atoms with Gasteiger partial charge in [0.05, 0.1) is 12.7 Å². The Morgan fingerprint density at radius 1 is 1.12 bits per heavy atom. The molecule has 5 nitrogen and oxygen atoms in total. The molecule has 2 aromatic carbocycles. The second-order valence-corrected chi connectivity index (χ2v) is 5.79. The van der Waals surface area contributed by atoms with Crippen LogP contribution in [-0.4, -0.2) is 25.6 Å². The van der Waals surface area contributed by atoms with Gasteiger partial charge in [-0.25, -0.2) is 4.79 Å². The molecular formula is C20H23NO4. The number of methoxy groups -OCH3 is 1. The normalized spacial score (nSPS) is 11.5. The molecule has 1 unspecified atom stereocenters.